The highest BCUT2D eigenvalue weighted by atomic mass is 35.5. The maximum atomic E-state index is 13.2. The molecule has 8 heteroatoms. The number of carbonyl (C=O) groups is 2. The Labute approximate surface area is 200 Å². The van der Waals surface area contributed by atoms with Gasteiger partial charge in [-0.15, -0.1) is 0 Å². The van der Waals surface area contributed by atoms with E-state index in [0.717, 1.165) is 0 Å². The average molecular weight is 484 g/mol. The van der Waals surface area contributed by atoms with E-state index < -0.39 is 17.7 Å². The van der Waals surface area contributed by atoms with Crippen LogP contribution in [-0.4, -0.2) is 28.5 Å². The molecule has 6 nitrogen and oxygen atoms in total. The van der Waals surface area contributed by atoms with Crippen molar-refractivity contribution in [2.45, 2.75) is 13.0 Å². The summed E-state index contributed by atoms with van der Waals surface area (Å²) in [7, 11) is 0. The van der Waals surface area contributed by atoms with Crippen LogP contribution in [0.2, 0.25) is 10.0 Å². The van der Waals surface area contributed by atoms with E-state index in [4.69, 9.17) is 27.9 Å². The first kappa shape index (κ1) is 22.7. The number of benzene rings is 3. The maximum absolute atomic E-state index is 13.2. The lowest BCUT2D eigenvalue weighted by atomic mass is 9.95. The monoisotopic (exact) mass is 483 g/mol. The molecule has 1 aliphatic heterocycles. The Bertz CT molecular complexity index is 1270. The predicted molar refractivity (Wildman–Crippen MR) is 127 cm³/mol. The standard InChI is InChI=1S/C25H19Cl2NO5/c1-2-33-20-13-15(6-11-19(20)27)23(30)21-22(14-4-3-5-18(29)12-14)28(25(32)24(21)31)17-9-7-16(26)8-10-17/h3-13,22,29-30H,2H2,1H3/b23-21-. The smallest absolute Gasteiger partial charge is 0.300 e. The van der Waals surface area contributed by atoms with Crippen LogP contribution in [0.15, 0.2) is 72.3 Å². The third-order valence-electron chi connectivity index (χ3n) is 5.24. The minimum absolute atomic E-state index is 0.0423. The fourth-order valence-electron chi connectivity index (χ4n) is 3.78. The minimum Gasteiger partial charge on any atom is -0.508 e. The number of ether oxygens (including phenoxy) is 1. The van der Waals surface area contributed by atoms with Gasteiger partial charge in [0.25, 0.3) is 11.7 Å². The lowest BCUT2D eigenvalue weighted by Crippen LogP contribution is -2.29. The molecule has 4 rings (SSSR count). The zero-order valence-corrected chi connectivity index (χ0v) is 19.0. The molecule has 0 radical (unpaired) electrons. The van der Waals surface area contributed by atoms with Crippen molar-refractivity contribution in [2.24, 2.45) is 0 Å². The molecule has 0 aliphatic carbocycles. The topological polar surface area (TPSA) is 87.1 Å². The van der Waals surface area contributed by atoms with Crippen LogP contribution >= 0.6 is 23.2 Å². The second-order valence-corrected chi connectivity index (χ2v) is 8.16. The zero-order chi connectivity index (χ0) is 23.7. The molecule has 1 saturated heterocycles. The number of hydrogen-bond donors (Lipinski definition) is 2. The van der Waals surface area contributed by atoms with E-state index in [1.54, 1.807) is 49.4 Å². The second-order valence-electron chi connectivity index (χ2n) is 7.32. The van der Waals surface area contributed by atoms with Gasteiger partial charge in [0.15, 0.2) is 0 Å². The fourth-order valence-corrected chi connectivity index (χ4v) is 4.08. The van der Waals surface area contributed by atoms with Gasteiger partial charge in [0.2, 0.25) is 0 Å². The quantitative estimate of drug-likeness (QED) is 0.275. The normalized spacial score (nSPS) is 17.4. The van der Waals surface area contributed by atoms with Crippen molar-refractivity contribution in [1.29, 1.82) is 0 Å². The zero-order valence-electron chi connectivity index (χ0n) is 17.5. The lowest BCUT2D eigenvalue weighted by molar-refractivity contribution is -0.132. The second kappa shape index (κ2) is 9.17. The van der Waals surface area contributed by atoms with Crippen LogP contribution in [0.3, 0.4) is 0 Å². The van der Waals surface area contributed by atoms with Gasteiger partial charge < -0.3 is 14.9 Å². The Morgan fingerprint density at radius 1 is 1.03 bits per heavy atom. The number of phenols is 1. The van der Waals surface area contributed by atoms with Gasteiger partial charge in [-0.05, 0) is 67.1 Å². The number of hydrogen-bond acceptors (Lipinski definition) is 5. The number of amides is 1. The van der Waals surface area contributed by atoms with Gasteiger partial charge in [-0.3, -0.25) is 14.5 Å². The van der Waals surface area contributed by atoms with Crippen molar-refractivity contribution >= 4 is 46.3 Å². The Kier molecular flexibility index (Phi) is 6.31. The van der Waals surface area contributed by atoms with Crippen molar-refractivity contribution in [2.75, 3.05) is 11.5 Å². The van der Waals surface area contributed by atoms with E-state index in [1.807, 2.05) is 0 Å². The molecular weight excluding hydrogens is 465 g/mol. The molecule has 1 aliphatic rings. The summed E-state index contributed by atoms with van der Waals surface area (Å²) in [6.07, 6.45) is 0. The Morgan fingerprint density at radius 2 is 1.76 bits per heavy atom. The van der Waals surface area contributed by atoms with Crippen molar-refractivity contribution in [1.82, 2.24) is 0 Å². The highest BCUT2D eigenvalue weighted by Gasteiger charge is 2.47. The number of Topliss-reactive ketones (excluding diaryl/α,β-unsaturated/α-hetero) is 1. The molecule has 33 heavy (non-hydrogen) atoms. The van der Waals surface area contributed by atoms with E-state index in [1.165, 1.54) is 29.2 Å². The number of ketones is 1. The molecule has 1 fully saturated rings. The van der Waals surface area contributed by atoms with Crippen LogP contribution in [0.5, 0.6) is 11.5 Å². The summed E-state index contributed by atoms with van der Waals surface area (Å²) in [6.45, 7) is 2.15. The summed E-state index contributed by atoms with van der Waals surface area (Å²) in [4.78, 5) is 27.6. The van der Waals surface area contributed by atoms with Gasteiger partial charge in [0.05, 0.1) is 23.2 Å². The molecular formula is C25H19Cl2NO5. The van der Waals surface area contributed by atoms with Crippen LogP contribution in [0.25, 0.3) is 5.76 Å². The highest BCUT2D eigenvalue weighted by Crippen LogP contribution is 2.43. The number of nitrogens with zero attached hydrogens (tertiary/aromatic N) is 1. The van der Waals surface area contributed by atoms with Crippen LogP contribution in [0.4, 0.5) is 5.69 Å². The van der Waals surface area contributed by atoms with Crippen LogP contribution in [0.1, 0.15) is 24.1 Å². The molecule has 0 spiro atoms. The first-order chi connectivity index (χ1) is 15.8. The molecule has 168 valence electrons. The van der Waals surface area contributed by atoms with Crippen molar-refractivity contribution in [3.8, 4) is 11.5 Å². The maximum Gasteiger partial charge on any atom is 0.300 e. The molecule has 1 heterocycles. The molecule has 2 N–H and O–H groups in total. The molecule has 1 atom stereocenters. The van der Waals surface area contributed by atoms with Crippen molar-refractivity contribution < 1.29 is 24.5 Å². The number of rotatable bonds is 5. The Balaban J connectivity index is 1.93. The van der Waals surface area contributed by atoms with Crippen LogP contribution < -0.4 is 9.64 Å². The van der Waals surface area contributed by atoms with E-state index in [2.05, 4.69) is 0 Å². The van der Waals surface area contributed by atoms with E-state index in [9.17, 15) is 19.8 Å². The summed E-state index contributed by atoms with van der Waals surface area (Å²) in [5, 5.41) is 22.1. The molecule has 0 aromatic heterocycles. The van der Waals surface area contributed by atoms with E-state index >= 15 is 0 Å². The third kappa shape index (κ3) is 4.27. The summed E-state index contributed by atoms with van der Waals surface area (Å²) < 4.78 is 5.49. The average Bonchev–Trinajstić information content (AvgIpc) is 3.06. The molecule has 3 aromatic rings. The van der Waals surface area contributed by atoms with E-state index in [0.29, 0.717) is 33.7 Å². The minimum atomic E-state index is -0.982. The molecule has 1 amide bonds. The van der Waals surface area contributed by atoms with Crippen molar-refractivity contribution in [3.05, 3.63) is 93.5 Å². The summed E-state index contributed by atoms with van der Waals surface area (Å²) in [5.41, 5.74) is 1.01. The SMILES string of the molecule is CCOc1cc(/C(O)=C2/C(=O)C(=O)N(c3ccc(Cl)cc3)C2c2cccc(O)c2)ccc1Cl. The Morgan fingerprint density at radius 3 is 2.42 bits per heavy atom. The molecule has 3 aromatic carbocycles. The number of phenolic OH excluding ortho intramolecular Hbond substituents is 1. The lowest BCUT2D eigenvalue weighted by Gasteiger charge is -2.25. The summed E-state index contributed by atoms with van der Waals surface area (Å²) in [5.74, 6) is -1.76. The number of aromatic hydroxyl groups is 1. The van der Waals surface area contributed by atoms with Gasteiger partial charge in [-0.2, -0.15) is 0 Å². The molecule has 0 bridgehead atoms. The predicted octanol–water partition coefficient (Wildman–Crippen LogP) is 5.72. The van der Waals surface area contributed by atoms with Gasteiger partial charge in [-0.25, -0.2) is 0 Å². The van der Waals surface area contributed by atoms with E-state index in [-0.39, 0.29) is 22.6 Å². The van der Waals surface area contributed by atoms with Crippen LogP contribution in [-0.2, 0) is 9.59 Å². The number of aliphatic hydroxyl groups is 1. The van der Waals surface area contributed by atoms with Gasteiger partial charge in [0.1, 0.15) is 17.3 Å². The number of anilines is 1. The number of halogens is 2. The first-order valence-corrected chi connectivity index (χ1v) is 10.9. The number of carbonyl (C=O) groups excluding carboxylic acids is 2. The largest absolute Gasteiger partial charge is 0.508 e. The Hall–Kier alpha value is -3.48. The summed E-state index contributed by atoms with van der Waals surface area (Å²) >= 11 is 12.2. The number of aliphatic hydroxyl groups excluding tert-OH is 1. The summed E-state index contributed by atoms with van der Waals surface area (Å²) in [6, 6.07) is 16.2. The van der Waals surface area contributed by atoms with Gasteiger partial charge in [-0.1, -0.05) is 35.3 Å². The van der Waals surface area contributed by atoms with Gasteiger partial charge >= 0.3 is 0 Å². The molecule has 0 saturated carbocycles. The fraction of sp³-hybridized carbons (Fsp3) is 0.120. The van der Waals surface area contributed by atoms with Crippen molar-refractivity contribution in [3.63, 3.8) is 0 Å². The van der Waals surface area contributed by atoms with Crippen LogP contribution in [0, 0.1) is 0 Å². The molecule has 1 unspecified atom stereocenters. The first-order valence-electron chi connectivity index (χ1n) is 10.1. The van der Waals surface area contributed by atoms with Gasteiger partial charge in [0, 0.05) is 16.3 Å². The third-order valence-corrected chi connectivity index (χ3v) is 5.80. The highest BCUT2D eigenvalue weighted by molar-refractivity contribution is 6.51.